The Hall–Kier alpha value is -1.37. The summed E-state index contributed by atoms with van der Waals surface area (Å²) in [6.45, 7) is 4.22. The van der Waals surface area contributed by atoms with Crippen LogP contribution in [0.4, 0.5) is 0 Å². The van der Waals surface area contributed by atoms with Gasteiger partial charge in [0.1, 0.15) is 6.07 Å². The van der Waals surface area contributed by atoms with Crippen molar-refractivity contribution in [1.29, 1.82) is 5.26 Å². The number of hydrogen-bond acceptors (Lipinski definition) is 3. The van der Waals surface area contributed by atoms with Crippen LogP contribution < -0.4 is 0 Å². The minimum atomic E-state index is 0.776. The number of thioether (sulfide) groups is 1. The summed E-state index contributed by atoms with van der Waals surface area (Å²) in [5.41, 5.74) is 3.35. The van der Waals surface area contributed by atoms with Crippen LogP contribution >= 0.6 is 23.5 Å². The summed E-state index contributed by atoms with van der Waals surface area (Å²) in [7, 11) is 0. The van der Waals surface area contributed by atoms with E-state index in [1.54, 1.807) is 23.5 Å². The Bertz CT molecular complexity index is 642. The van der Waals surface area contributed by atoms with E-state index in [-0.39, 0.29) is 0 Å². The zero-order chi connectivity index (χ0) is 13.8. The lowest BCUT2D eigenvalue weighted by molar-refractivity contribution is 1.24. The van der Waals surface area contributed by atoms with Crippen LogP contribution in [-0.2, 0) is 0 Å². The Labute approximate surface area is 123 Å². The average Bonchev–Trinajstić information content (AvgIpc) is 2.42. The Morgan fingerprint density at radius 2 is 1.74 bits per heavy atom. The van der Waals surface area contributed by atoms with Crippen LogP contribution in [0.2, 0.25) is 0 Å². The first-order valence-corrected chi connectivity index (χ1v) is 8.02. The Morgan fingerprint density at radius 3 is 2.37 bits per heavy atom. The molecule has 2 aromatic carbocycles. The molecule has 0 aliphatic heterocycles. The van der Waals surface area contributed by atoms with Crippen LogP contribution in [0.25, 0.3) is 0 Å². The zero-order valence-electron chi connectivity index (χ0n) is 11.2. The van der Waals surface area contributed by atoms with Crippen LogP contribution in [0, 0.1) is 25.2 Å². The summed E-state index contributed by atoms with van der Waals surface area (Å²) in [5, 5.41) is 9.33. The van der Waals surface area contributed by atoms with E-state index in [0.717, 1.165) is 15.4 Å². The Balaban J connectivity index is 2.38. The molecule has 2 aromatic rings. The largest absolute Gasteiger partial charge is 0.192 e. The number of nitrogens with zero attached hydrogens (tertiary/aromatic N) is 1. The molecular formula is C16H15NS2. The minimum Gasteiger partial charge on any atom is -0.192 e. The third-order valence-corrected chi connectivity index (χ3v) is 4.86. The highest BCUT2D eigenvalue weighted by molar-refractivity contribution is 8.00. The summed E-state index contributed by atoms with van der Waals surface area (Å²) in [4.78, 5) is 3.24. The van der Waals surface area contributed by atoms with Crippen molar-refractivity contribution >= 4 is 23.5 Å². The molecule has 96 valence electrons. The highest BCUT2D eigenvalue weighted by atomic mass is 32.2. The van der Waals surface area contributed by atoms with Gasteiger partial charge in [0.2, 0.25) is 0 Å². The molecule has 0 heterocycles. The molecule has 0 saturated heterocycles. The lowest BCUT2D eigenvalue weighted by Crippen LogP contribution is -1.86. The molecule has 0 aliphatic carbocycles. The van der Waals surface area contributed by atoms with Gasteiger partial charge in [-0.2, -0.15) is 5.26 Å². The molecule has 2 rings (SSSR count). The van der Waals surface area contributed by atoms with E-state index in [9.17, 15) is 5.26 Å². The third kappa shape index (κ3) is 3.15. The number of aryl methyl sites for hydroxylation is 2. The fraction of sp³-hybridized carbons (Fsp3) is 0.188. The van der Waals surface area contributed by atoms with E-state index in [2.05, 4.69) is 38.1 Å². The van der Waals surface area contributed by atoms with Crippen molar-refractivity contribution in [3.63, 3.8) is 0 Å². The number of rotatable bonds is 3. The maximum atomic E-state index is 9.33. The topological polar surface area (TPSA) is 23.8 Å². The molecule has 1 nitrogen and oxygen atoms in total. The number of nitriles is 1. The quantitative estimate of drug-likeness (QED) is 0.737. The lowest BCUT2D eigenvalue weighted by atomic mass is 10.1. The average molecular weight is 285 g/mol. The SMILES string of the molecule is CSc1cccc(Sc2ccc(C)c(C)c2)c1C#N. The lowest BCUT2D eigenvalue weighted by Gasteiger charge is -2.08. The van der Waals surface area contributed by atoms with E-state index in [1.165, 1.54) is 16.0 Å². The van der Waals surface area contributed by atoms with Gasteiger partial charge in [-0.15, -0.1) is 11.8 Å². The second-order valence-corrected chi connectivity index (χ2v) is 6.26. The van der Waals surface area contributed by atoms with Crippen molar-refractivity contribution < 1.29 is 0 Å². The number of benzene rings is 2. The normalized spacial score (nSPS) is 10.2. The van der Waals surface area contributed by atoms with E-state index >= 15 is 0 Å². The Kier molecular flexibility index (Phi) is 4.57. The van der Waals surface area contributed by atoms with Crippen molar-refractivity contribution in [2.75, 3.05) is 6.26 Å². The van der Waals surface area contributed by atoms with Gasteiger partial charge in [-0.3, -0.25) is 0 Å². The van der Waals surface area contributed by atoms with Gasteiger partial charge in [0.25, 0.3) is 0 Å². The summed E-state index contributed by atoms with van der Waals surface area (Å²) in [6, 6.07) is 14.7. The van der Waals surface area contributed by atoms with Crippen LogP contribution in [-0.4, -0.2) is 6.26 Å². The first-order valence-electron chi connectivity index (χ1n) is 5.98. The molecular weight excluding hydrogens is 270 g/mol. The fourth-order valence-electron chi connectivity index (χ4n) is 1.78. The molecule has 0 amide bonds. The summed E-state index contributed by atoms with van der Waals surface area (Å²) >= 11 is 3.27. The standard InChI is InChI=1S/C16H15NS2/c1-11-7-8-13(9-12(11)2)19-16-6-4-5-15(18-3)14(16)10-17/h4-9H,1-3H3. The molecule has 19 heavy (non-hydrogen) atoms. The zero-order valence-corrected chi connectivity index (χ0v) is 12.9. The maximum absolute atomic E-state index is 9.33. The summed E-state index contributed by atoms with van der Waals surface area (Å²) in [6.07, 6.45) is 2.00. The van der Waals surface area contributed by atoms with Crippen LogP contribution in [0.1, 0.15) is 16.7 Å². The Morgan fingerprint density at radius 1 is 1.00 bits per heavy atom. The molecule has 0 N–H and O–H groups in total. The van der Waals surface area contributed by atoms with Gasteiger partial charge in [-0.1, -0.05) is 23.9 Å². The fourth-order valence-corrected chi connectivity index (χ4v) is 3.45. The van der Waals surface area contributed by atoms with Crippen molar-refractivity contribution in [3.05, 3.63) is 53.1 Å². The van der Waals surface area contributed by atoms with Crippen LogP contribution in [0.3, 0.4) is 0 Å². The first-order chi connectivity index (χ1) is 9.15. The molecule has 0 aliphatic rings. The molecule has 0 unspecified atom stereocenters. The van der Waals surface area contributed by atoms with Crippen molar-refractivity contribution in [2.24, 2.45) is 0 Å². The highest BCUT2D eigenvalue weighted by Gasteiger charge is 2.09. The molecule has 3 heteroatoms. The minimum absolute atomic E-state index is 0.776. The molecule has 0 fully saturated rings. The number of hydrogen-bond donors (Lipinski definition) is 0. The highest BCUT2D eigenvalue weighted by Crippen LogP contribution is 2.34. The van der Waals surface area contributed by atoms with E-state index in [1.807, 2.05) is 24.5 Å². The second kappa shape index (κ2) is 6.18. The van der Waals surface area contributed by atoms with Crippen molar-refractivity contribution in [2.45, 2.75) is 28.5 Å². The van der Waals surface area contributed by atoms with Crippen molar-refractivity contribution in [3.8, 4) is 6.07 Å². The van der Waals surface area contributed by atoms with Crippen molar-refractivity contribution in [1.82, 2.24) is 0 Å². The molecule has 0 saturated carbocycles. The van der Waals surface area contributed by atoms with Gasteiger partial charge >= 0.3 is 0 Å². The first kappa shape index (κ1) is 14.0. The van der Waals surface area contributed by atoms with Crippen LogP contribution in [0.5, 0.6) is 0 Å². The molecule has 0 atom stereocenters. The van der Waals surface area contributed by atoms with Gasteiger partial charge in [0.05, 0.1) is 5.56 Å². The van der Waals surface area contributed by atoms with Gasteiger partial charge in [-0.25, -0.2) is 0 Å². The van der Waals surface area contributed by atoms with Gasteiger partial charge in [0.15, 0.2) is 0 Å². The summed E-state index contributed by atoms with van der Waals surface area (Å²) < 4.78 is 0. The monoisotopic (exact) mass is 285 g/mol. The predicted molar refractivity (Wildman–Crippen MR) is 83.0 cm³/mol. The molecule has 0 bridgehead atoms. The molecule has 0 spiro atoms. The third-order valence-electron chi connectivity index (χ3n) is 3.03. The predicted octanol–water partition coefficient (Wildman–Crippen LogP) is 5.05. The van der Waals surface area contributed by atoms with Gasteiger partial charge < -0.3 is 0 Å². The van der Waals surface area contributed by atoms with Gasteiger partial charge in [0, 0.05) is 14.7 Å². The smallest absolute Gasteiger partial charge is 0.101 e. The van der Waals surface area contributed by atoms with Crippen LogP contribution in [0.15, 0.2) is 51.1 Å². The second-order valence-electron chi connectivity index (χ2n) is 4.29. The van der Waals surface area contributed by atoms with E-state index in [4.69, 9.17) is 0 Å². The van der Waals surface area contributed by atoms with E-state index < -0.39 is 0 Å². The van der Waals surface area contributed by atoms with E-state index in [0.29, 0.717) is 0 Å². The maximum Gasteiger partial charge on any atom is 0.101 e. The summed E-state index contributed by atoms with van der Waals surface area (Å²) in [5.74, 6) is 0. The molecule has 0 radical (unpaired) electrons. The van der Waals surface area contributed by atoms with Gasteiger partial charge in [-0.05, 0) is 55.5 Å². The molecule has 0 aromatic heterocycles.